The summed E-state index contributed by atoms with van der Waals surface area (Å²) < 4.78 is 1.93. The Morgan fingerprint density at radius 1 is 1.56 bits per heavy atom. The molecule has 2 atom stereocenters. The van der Waals surface area contributed by atoms with Crippen molar-refractivity contribution in [2.24, 2.45) is 12.8 Å². The summed E-state index contributed by atoms with van der Waals surface area (Å²) in [5, 5.41) is 7.99. The van der Waals surface area contributed by atoms with E-state index in [1.807, 2.05) is 30.4 Å². The van der Waals surface area contributed by atoms with Gasteiger partial charge in [-0.25, -0.2) is 0 Å². The fourth-order valence-electron chi connectivity index (χ4n) is 1.85. The maximum Gasteiger partial charge on any atom is 0.0946 e. The van der Waals surface area contributed by atoms with Crippen molar-refractivity contribution in [3.63, 3.8) is 0 Å². The third-order valence-electron chi connectivity index (χ3n) is 2.89. The molecule has 0 aliphatic carbocycles. The number of rotatable bonds is 5. The van der Waals surface area contributed by atoms with Crippen molar-refractivity contribution in [3.05, 3.63) is 34.2 Å². The second-order valence-corrected chi connectivity index (χ2v) is 6.51. The highest BCUT2D eigenvalue weighted by Crippen LogP contribution is 2.39. The van der Waals surface area contributed by atoms with Gasteiger partial charge in [0.2, 0.25) is 0 Å². The van der Waals surface area contributed by atoms with Crippen LogP contribution in [-0.4, -0.2) is 15.8 Å². The maximum absolute atomic E-state index is 6.27. The molecule has 2 aromatic heterocycles. The third kappa shape index (κ3) is 2.96. The van der Waals surface area contributed by atoms with Crippen LogP contribution in [0.15, 0.2) is 28.6 Å². The minimum Gasteiger partial charge on any atom is -0.326 e. The molecule has 2 aromatic rings. The Labute approximate surface area is 116 Å². The molecule has 0 aromatic carbocycles. The van der Waals surface area contributed by atoms with E-state index in [9.17, 15) is 0 Å². The lowest BCUT2D eigenvalue weighted by molar-refractivity contribution is 0.633. The van der Waals surface area contributed by atoms with Gasteiger partial charge in [0.15, 0.2) is 0 Å². The van der Waals surface area contributed by atoms with Gasteiger partial charge in [0, 0.05) is 18.0 Å². The fourth-order valence-corrected chi connectivity index (χ4v) is 4.20. The molecule has 0 amide bonds. The maximum atomic E-state index is 6.27. The Kier molecular flexibility index (Phi) is 4.48. The fraction of sp³-hybridized carbons (Fsp3) is 0.462. The van der Waals surface area contributed by atoms with E-state index in [0.29, 0.717) is 5.25 Å². The van der Waals surface area contributed by atoms with E-state index in [4.69, 9.17) is 5.73 Å². The van der Waals surface area contributed by atoms with Gasteiger partial charge < -0.3 is 5.73 Å². The van der Waals surface area contributed by atoms with Crippen LogP contribution in [0.4, 0.5) is 0 Å². The van der Waals surface area contributed by atoms with E-state index >= 15 is 0 Å². The predicted molar refractivity (Wildman–Crippen MR) is 79.1 cm³/mol. The van der Waals surface area contributed by atoms with Crippen LogP contribution in [0.2, 0.25) is 0 Å². The molecule has 2 unspecified atom stereocenters. The molecule has 5 heteroatoms. The highest BCUT2D eigenvalue weighted by molar-refractivity contribution is 7.99. The predicted octanol–water partition coefficient (Wildman–Crippen LogP) is 3.36. The standard InChI is InChI=1S/C13H19N3S2/c1-4-10(14)13(11-6-5-7-17-11)18-12-8-9(2)15-16(12)3/h5-8,10,13H,4,14H2,1-3H3. The van der Waals surface area contributed by atoms with E-state index in [1.165, 1.54) is 9.90 Å². The van der Waals surface area contributed by atoms with Crippen LogP contribution in [0.1, 0.15) is 29.2 Å². The quantitative estimate of drug-likeness (QED) is 0.855. The number of hydrogen-bond donors (Lipinski definition) is 1. The van der Waals surface area contributed by atoms with Gasteiger partial charge in [-0.1, -0.05) is 24.8 Å². The number of hydrogen-bond acceptors (Lipinski definition) is 4. The molecule has 2 rings (SSSR count). The molecule has 3 nitrogen and oxygen atoms in total. The van der Waals surface area contributed by atoms with Gasteiger partial charge in [0.25, 0.3) is 0 Å². The average molecular weight is 281 g/mol. The zero-order valence-corrected chi connectivity index (χ0v) is 12.6. The molecule has 2 heterocycles. The zero-order chi connectivity index (χ0) is 13.1. The zero-order valence-electron chi connectivity index (χ0n) is 11.0. The number of aryl methyl sites for hydroxylation is 2. The second-order valence-electron chi connectivity index (χ2n) is 4.37. The van der Waals surface area contributed by atoms with Gasteiger partial charge in [-0.15, -0.1) is 11.3 Å². The van der Waals surface area contributed by atoms with Crippen LogP contribution in [0.3, 0.4) is 0 Å². The van der Waals surface area contributed by atoms with Crippen molar-refractivity contribution < 1.29 is 0 Å². The van der Waals surface area contributed by atoms with Crippen LogP contribution >= 0.6 is 23.1 Å². The number of nitrogens with two attached hydrogens (primary N) is 1. The van der Waals surface area contributed by atoms with E-state index in [2.05, 4.69) is 35.6 Å². The summed E-state index contributed by atoms with van der Waals surface area (Å²) in [6, 6.07) is 6.54. The van der Waals surface area contributed by atoms with E-state index in [0.717, 1.165) is 12.1 Å². The Morgan fingerprint density at radius 3 is 2.83 bits per heavy atom. The molecule has 98 valence electrons. The van der Waals surface area contributed by atoms with Crippen LogP contribution < -0.4 is 5.73 Å². The lowest BCUT2D eigenvalue weighted by atomic mass is 10.1. The molecule has 0 aliphatic rings. The molecule has 0 bridgehead atoms. The lowest BCUT2D eigenvalue weighted by Crippen LogP contribution is -2.25. The number of thiophene rings is 1. The summed E-state index contributed by atoms with van der Waals surface area (Å²) in [4.78, 5) is 1.34. The Bertz CT molecular complexity index is 490. The second kappa shape index (κ2) is 5.91. The van der Waals surface area contributed by atoms with Crippen LogP contribution in [0.5, 0.6) is 0 Å². The number of aromatic nitrogens is 2. The van der Waals surface area contributed by atoms with Crippen molar-refractivity contribution in [3.8, 4) is 0 Å². The van der Waals surface area contributed by atoms with Crippen molar-refractivity contribution in [2.45, 2.75) is 36.6 Å². The molecule has 0 aliphatic heterocycles. The first kappa shape index (κ1) is 13.6. The normalized spacial score (nSPS) is 14.7. The van der Waals surface area contributed by atoms with Gasteiger partial charge in [0.05, 0.1) is 16.0 Å². The van der Waals surface area contributed by atoms with Crippen LogP contribution in [0.25, 0.3) is 0 Å². The molecule has 0 radical (unpaired) electrons. The first-order chi connectivity index (χ1) is 8.61. The highest BCUT2D eigenvalue weighted by Gasteiger charge is 2.22. The van der Waals surface area contributed by atoms with Gasteiger partial charge in [-0.2, -0.15) is 5.10 Å². The van der Waals surface area contributed by atoms with Crippen molar-refractivity contribution in [1.82, 2.24) is 9.78 Å². The molecule has 0 fully saturated rings. The number of nitrogens with zero attached hydrogens (tertiary/aromatic N) is 2. The Balaban J connectivity index is 2.23. The largest absolute Gasteiger partial charge is 0.326 e. The first-order valence-electron chi connectivity index (χ1n) is 6.08. The van der Waals surface area contributed by atoms with Crippen molar-refractivity contribution in [2.75, 3.05) is 0 Å². The number of thioether (sulfide) groups is 1. The van der Waals surface area contributed by atoms with E-state index in [1.54, 1.807) is 11.3 Å². The van der Waals surface area contributed by atoms with Gasteiger partial charge in [-0.3, -0.25) is 4.68 Å². The van der Waals surface area contributed by atoms with Crippen molar-refractivity contribution in [1.29, 1.82) is 0 Å². The van der Waals surface area contributed by atoms with E-state index in [-0.39, 0.29) is 6.04 Å². The van der Waals surface area contributed by atoms with Crippen LogP contribution in [0, 0.1) is 6.92 Å². The molecule has 2 N–H and O–H groups in total. The SMILES string of the molecule is CCC(N)C(Sc1cc(C)nn1C)c1cccs1. The van der Waals surface area contributed by atoms with Gasteiger partial charge in [-0.05, 0) is 30.9 Å². The first-order valence-corrected chi connectivity index (χ1v) is 7.84. The summed E-state index contributed by atoms with van der Waals surface area (Å²) in [5.41, 5.74) is 7.32. The average Bonchev–Trinajstić information content (AvgIpc) is 2.95. The Morgan fingerprint density at radius 2 is 2.33 bits per heavy atom. The van der Waals surface area contributed by atoms with Gasteiger partial charge >= 0.3 is 0 Å². The molecule has 0 saturated heterocycles. The summed E-state index contributed by atoms with van der Waals surface area (Å²) in [7, 11) is 1.98. The smallest absolute Gasteiger partial charge is 0.0946 e. The molecular formula is C13H19N3S2. The lowest BCUT2D eigenvalue weighted by Gasteiger charge is -2.21. The third-order valence-corrected chi connectivity index (χ3v) is 5.48. The van der Waals surface area contributed by atoms with Gasteiger partial charge in [0.1, 0.15) is 0 Å². The molecule has 0 saturated carbocycles. The topological polar surface area (TPSA) is 43.8 Å². The van der Waals surface area contributed by atoms with Crippen molar-refractivity contribution >= 4 is 23.1 Å². The highest BCUT2D eigenvalue weighted by atomic mass is 32.2. The Hall–Kier alpha value is -0.780. The minimum atomic E-state index is 0.170. The summed E-state index contributed by atoms with van der Waals surface area (Å²) in [6.07, 6.45) is 0.979. The van der Waals surface area contributed by atoms with E-state index < -0.39 is 0 Å². The summed E-state index contributed by atoms with van der Waals surface area (Å²) in [5.74, 6) is 0. The molecule has 18 heavy (non-hydrogen) atoms. The van der Waals surface area contributed by atoms with Crippen LogP contribution in [-0.2, 0) is 7.05 Å². The summed E-state index contributed by atoms with van der Waals surface area (Å²) >= 11 is 3.59. The molecule has 0 spiro atoms. The summed E-state index contributed by atoms with van der Waals surface area (Å²) in [6.45, 7) is 4.16. The monoisotopic (exact) mass is 281 g/mol. The molecular weight excluding hydrogens is 262 g/mol. The minimum absolute atomic E-state index is 0.170.